The summed E-state index contributed by atoms with van der Waals surface area (Å²) in [4.78, 5) is 22.5. The molecule has 1 amide bonds. The number of amides is 1. The van der Waals surface area contributed by atoms with E-state index in [4.69, 9.17) is 15.6 Å². The highest BCUT2D eigenvalue weighted by molar-refractivity contribution is 7.98. The van der Waals surface area contributed by atoms with Crippen LogP contribution in [0.4, 0.5) is 5.69 Å². The standard InChI is InChI=1S/C17H18N4O3S2/c1-24-10-5-3-4-9(8-10)13-11-12(18)14(15(23)19-6-7-22)26-16(11)21-17(20-13)25-2/h3-5,8,22H,6-7,18H2,1-2H3,(H,19,23). The third-order valence-corrected chi connectivity index (χ3v) is 5.34. The summed E-state index contributed by atoms with van der Waals surface area (Å²) in [7, 11) is 1.60. The van der Waals surface area contributed by atoms with E-state index in [2.05, 4.69) is 15.3 Å². The normalized spacial score (nSPS) is 10.9. The van der Waals surface area contributed by atoms with Gasteiger partial charge in [-0.1, -0.05) is 23.9 Å². The van der Waals surface area contributed by atoms with Gasteiger partial charge in [0.15, 0.2) is 5.16 Å². The Balaban J connectivity index is 2.21. The number of benzene rings is 1. The molecular formula is C17H18N4O3S2. The number of fused-ring (bicyclic) bond motifs is 1. The molecule has 0 aliphatic heterocycles. The second-order valence-corrected chi connectivity index (χ2v) is 7.07. The number of nitrogens with two attached hydrogens (primary N) is 1. The number of anilines is 1. The van der Waals surface area contributed by atoms with Gasteiger partial charge < -0.3 is 20.9 Å². The number of ether oxygens (including phenoxy) is 1. The topological polar surface area (TPSA) is 110 Å². The van der Waals surface area contributed by atoms with Gasteiger partial charge in [0.1, 0.15) is 15.5 Å². The van der Waals surface area contributed by atoms with E-state index in [0.717, 1.165) is 5.56 Å². The fraction of sp³-hybridized carbons (Fsp3) is 0.235. The van der Waals surface area contributed by atoms with Crippen molar-refractivity contribution in [2.24, 2.45) is 0 Å². The van der Waals surface area contributed by atoms with E-state index in [1.807, 2.05) is 30.5 Å². The smallest absolute Gasteiger partial charge is 0.263 e. The molecule has 1 aromatic carbocycles. The minimum absolute atomic E-state index is 0.137. The monoisotopic (exact) mass is 390 g/mol. The Kier molecular flexibility index (Phi) is 5.60. The number of nitrogen functional groups attached to an aromatic ring is 1. The maximum absolute atomic E-state index is 12.3. The number of thioether (sulfide) groups is 1. The Morgan fingerprint density at radius 1 is 1.42 bits per heavy atom. The number of aliphatic hydroxyl groups excluding tert-OH is 1. The third kappa shape index (κ3) is 3.46. The molecule has 0 saturated carbocycles. The highest BCUT2D eigenvalue weighted by Gasteiger charge is 2.22. The van der Waals surface area contributed by atoms with Crippen LogP contribution >= 0.6 is 23.1 Å². The molecule has 0 aliphatic rings. The molecule has 0 fully saturated rings. The van der Waals surface area contributed by atoms with Crippen LogP contribution in [0.15, 0.2) is 29.4 Å². The van der Waals surface area contributed by atoms with Crippen molar-refractivity contribution in [2.45, 2.75) is 5.16 Å². The van der Waals surface area contributed by atoms with Gasteiger partial charge in [-0.15, -0.1) is 11.3 Å². The molecule has 3 aromatic rings. The molecule has 136 valence electrons. The van der Waals surface area contributed by atoms with Gasteiger partial charge >= 0.3 is 0 Å². The van der Waals surface area contributed by atoms with E-state index in [0.29, 0.717) is 37.4 Å². The summed E-state index contributed by atoms with van der Waals surface area (Å²) < 4.78 is 5.30. The van der Waals surface area contributed by atoms with Crippen LogP contribution in [0.3, 0.4) is 0 Å². The fourth-order valence-corrected chi connectivity index (χ4v) is 3.93. The van der Waals surface area contributed by atoms with E-state index < -0.39 is 0 Å². The highest BCUT2D eigenvalue weighted by atomic mass is 32.2. The molecule has 9 heteroatoms. The Labute approximate surface area is 158 Å². The lowest BCUT2D eigenvalue weighted by atomic mass is 10.1. The van der Waals surface area contributed by atoms with Crippen molar-refractivity contribution in [3.05, 3.63) is 29.1 Å². The van der Waals surface area contributed by atoms with Crippen molar-refractivity contribution < 1.29 is 14.6 Å². The van der Waals surface area contributed by atoms with Crippen LogP contribution in [0.25, 0.3) is 21.5 Å². The average Bonchev–Trinajstić information content (AvgIpc) is 3.02. The number of nitrogens with zero attached hydrogens (tertiary/aromatic N) is 2. The molecule has 4 N–H and O–H groups in total. The number of aromatic nitrogens is 2. The summed E-state index contributed by atoms with van der Waals surface area (Å²) in [5.74, 6) is 0.372. The van der Waals surface area contributed by atoms with Crippen molar-refractivity contribution in [1.29, 1.82) is 0 Å². The van der Waals surface area contributed by atoms with E-state index in [9.17, 15) is 4.79 Å². The molecule has 0 atom stereocenters. The SMILES string of the molecule is COc1cccc(-c2nc(SC)nc3sc(C(=O)NCCO)c(N)c23)c1. The van der Waals surface area contributed by atoms with Crippen LogP contribution in [0, 0.1) is 0 Å². The number of hydrogen-bond acceptors (Lipinski definition) is 8. The van der Waals surface area contributed by atoms with Crippen LogP contribution in [0.2, 0.25) is 0 Å². The summed E-state index contributed by atoms with van der Waals surface area (Å²) >= 11 is 2.63. The second kappa shape index (κ2) is 7.90. The number of carbonyl (C=O) groups excluding carboxylic acids is 1. The molecule has 0 radical (unpaired) electrons. The largest absolute Gasteiger partial charge is 0.497 e. The van der Waals surface area contributed by atoms with Crippen molar-refractivity contribution in [2.75, 3.05) is 32.3 Å². The number of aliphatic hydroxyl groups is 1. The number of carbonyl (C=O) groups is 1. The van der Waals surface area contributed by atoms with Crippen molar-refractivity contribution in [1.82, 2.24) is 15.3 Å². The lowest BCUT2D eigenvalue weighted by molar-refractivity contribution is 0.0949. The van der Waals surface area contributed by atoms with E-state index in [1.165, 1.54) is 23.1 Å². The van der Waals surface area contributed by atoms with E-state index in [1.54, 1.807) is 7.11 Å². The first kappa shape index (κ1) is 18.4. The minimum Gasteiger partial charge on any atom is -0.497 e. The Morgan fingerprint density at radius 3 is 2.92 bits per heavy atom. The zero-order valence-corrected chi connectivity index (χ0v) is 15.9. The van der Waals surface area contributed by atoms with Gasteiger partial charge in [-0.3, -0.25) is 4.79 Å². The molecule has 0 unspecified atom stereocenters. The maximum Gasteiger partial charge on any atom is 0.263 e. The second-order valence-electron chi connectivity index (χ2n) is 5.30. The Morgan fingerprint density at radius 2 is 2.23 bits per heavy atom. The van der Waals surface area contributed by atoms with Crippen LogP contribution in [0.1, 0.15) is 9.67 Å². The number of methoxy groups -OCH3 is 1. The molecule has 3 rings (SSSR count). The molecule has 0 spiro atoms. The van der Waals surface area contributed by atoms with Gasteiger partial charge in [-0.2, -0.15) is 0 Å². The fourth-order valence-electron chi connectivity index (χ4n) is 2.49. The quantitative estimate of drug-likeness (QED) is 0.438. The Hall–Kier alpha value is -2.36. The van der Waals surface area contributed by atoms with Crippen LogP contribution < -0.4 is 15.8 Å². The molecule has 0 aliphatic carbocycles. The van der Waals surface area contributed by atoms with E-state index in [-0.39, 0.29) is 19.1 Å². The minimum atomic E-state index is -0.332. The van der Waals surface area contributed by atoms with Crippen molar-refractivity contribution >= 4 is 44.9 Å². The molecule has 2 heterocycles. The van der Waals surface area contributed by atoms with Crippen molar-refractivity contribution in [3.63, 3.8) is 0 Å². The molecule has 0 saturated heterocycles. The molecule has 2 aromatic heterocycles. The van der Waals surface area contributed by atoms with Gasteiger partial charge in [0.25, 0.3) is 5.91 Å². The van der Waals surface area contributed by atoms with Crippen LogP contribution in [-0.2, 0) is 0 Å². The molecule has 7 nitrogen and oxygen atoms in total. The van der Waals surface area contributed by atoms with Crippen LogP contribution in [0.5, 0.6) is 5.75 Å². The summed E-state index contributed by atoms with van der Waals surface area (Å²) in [6.07, 6.45) is 1.89. The number of hydrogen-bond donors (Lipinski definition) is 3. The number of nitrogens with one attached hydrogen (secondary N) is 1. The average molecular weight is 390 g/mol. The first-order valence-corrected chi connectivity index (χ1v) is 9.80. The van der Waals surface area contributed by atoms with Gasteiger partial charge in [0, 0.05) is 12.1 Å². The first-order chi connectivity index (χ1) is 12.6. The maximum atomic E-state index is 12.3. The summed E-state index contributed by atoms with van der Waals surface area (Å²) in [6.45, 7) is 0.0268. The van der Waals surface area contributed by atoms with Gasteiger partial charge in [0.2, 0.25) is 0 Å². The molecular weight excluding hydrogens is 372 g/mol. The molecule has 0 bridgehead atoms. The lowest BCUT2D eigenvalue weighted by Gasteiger charge is -2.08. The third-order valence-electron chi connectivity index (χ3n) is 3.70. The first-order valence-electron chi connectivity index (χ1n) is 7.76. The highest BCUT2D eigenvalue weighted by Crippen LogP contribution is 2.39. The van der Waals surface area contributed by atoms with Gasteiger partial charge in [-0.25, -0.2) is 9.97 Å². The zero-order valence-electron chi connectivity index (χ0n) is 14.3. The van der Waals surface area contributed by atoms with Crippen LogP contribution in [-0.4, -0.2) is 47.5 Å². The number of rotatable bonds is 6. The van der Waals surface area contributed by atoms with Crippen molar-refractivity contribution in [3.8, 4) is 17.0 Å². The summed E-state index contributed by atoms with van der Waals surface area (Å²) in [5, 5.41) is 12.8. The summed E-state index contributed by atoms with van der Waals surface area (Å²) in [5.41, 5.74) is 8.11. The summed E-state index contributed by atoms with van der Waals surface area (Å²) in [6, 6.07) is 7.51. The molecule has 26 heavy (non-hydrogen) atoms. The van der Waals surface area contributed by atoms with Gasteiger partial charge in [0.05, 0.1) is 30.5 Å². The number of thiophene rings is 1. The Bertz CT molecular complexity index is 959. The zero-order chi connectivity index (χ0) is 18.7. The lowest BCUT2D eigenvalue weighted by Crippen LogP contribution is -2.26. The van der Waals surface area contributed by atoms with Gasteiger partial charge in [-0.05, 0) is 18.4 Å². The van der Waals surface area contributed by atoms with E-state index >= 15 is 0 Å². The predicted octanol–water partition coefficient (Wildman–Crippen LogP) is 2.39. The predicted molar refractivity (Wildman–Crippen MR) is 105 cm³/mol.